The molecule has 0 amide bonds. The van der Waals surface area contributed by atoms with Crippen molar-refractivity contribution in [3.05, 3.63) is 179 Å². The second-order valence-corrected chi connectivity index (χ2v) is 28.3. The number of fused-ring (bicyclic) bond motifs is 7. The molecule has 0 radical (unpaired) electrons. The summed E-state index contributed by atoms with van der Waals surface area (Å²) >= 11 is -3.04. The average Bonchev–Trinajstić information content (AvgIpc) is 3.51. The van der Waals surface area contributed by atoms with E-state index in [-0.39, 0.29) is 35.6 Å². The van der Waals surface area contributed by atoms with Gasteiger partial charge in [0.1, 0.15) is 0 Å². The number of allylic oxidation sites excluding steroid dienone is 2. The standard InChI is InChI=1S/2C27H23.C6H10.2ClH.Ti/c2*1-27(2,3)21-16-20-11-8-14-24(25(20)17-21)26-22-12-6-4-9-18(22)15-19-10-5-7-13-23(19)26;1-2-4-6-5-3-1;;;/h2*4-17H,1-3H3;1-2H,3-6H2;2*1H;/q;;;;;+2/p-2. The van der Waals surface area contributed by atoms with Crippen LogP contribution in [-0.2, 0) is 16.6 Å². The van der Waals surface area contributed by atoms with Crippen LogP contribution in [0, 0.1) is 10.8 Å². The van der Waals surface area contributed by atoms with Crippen LogP contribution in [0.5, 0.6) is 0 Å². The quantitative estimate of drug-likeness (QED) is 0.122. The Balaban J connectivity index is 0.00000236. The Kier molecular flexibility index (Phi) is 10.4. The van der Waals surface area contributed by atoms with E-state index in [1.807, 2.05) is 0 Å². The molecule has 8 aromatic rings. The minimum atomic E-state index is -3.04. The predicted octanol–water partition coefficient (Wildman–Crippen LogP) is 11.6. The zero-order chi connectivity index (χ0) is 41.4. The fourth-order valence-electron chi connectivity index (χ4n) is 13.5. The van der Waals surface area contributed by atoms with Gasteiger partial charge < -0.3 is 24.8 Å². The summed E-state index contributed by atoms with van der Waals surface area (Å²) in [6, 6.07) is 56.1. The molecular formula is C60H56Cl2Ti. The van der Waals surface area contributed by atoms with Gasteiger partial charge in [-0.1, -0.05) is 0 Å². The Bertz CT molecular complexity index is 2880. The number of benzene rings is 8. The molecule has 0 bridgehead atoms. The Morgan fingerprint density at radius 3 is 1.08 bits per heavy atom. The second-order valence-electron chi connectivity index (χ2n) is 21.1. The summed E-state index contributed by atoms with van der Waals surface area (Å²) in [5.74, 6) is 0. The van der Waals surface area contributed by atoms with Crippen molar-refractivity contribution in [3.8, 4) is 22.3 Å². The molecule has 314 valence electrons. The predicted molar refractivity (Wildman–Crippen MR) is 260 cm³/mol. The summed E-state index contributed by atoms with van der Waals surface area (Å²) in [7, 11) is 0. The molecule has 4 aliphatic rings. The van der Waals surface area contributed by atoms with Gasteiger partial charge in [-0.3, -0.25) is 0 Å². The molecule has 0 aromatic heterocycles. The van der Waals surface area contributed by atoms with E-state index in [4.69, 9.17) is 0 Å². The van der Waals surface area contributed by atoms with Gasteiger partial charge in [0.15, 0.2) is 0 Å². The van der Waals surface area contributed by atoms with Gasteiger partial charge in [-0.05, 0) is 0 Å². The van der Waals surface area contributed by atoms with Crippen LogP contribution in [0.3, 0.4) is 0 Å². The molecule has 4 atom stereocenters. The average molecular weight is 896 g/mol. The van der Waals surface area contributed by atoms with Gasteiger partial charge in [0.25, 0.3) is 0 Å². The van der Waals surface area contributed by atoms with Crippen LogP contribution >= 0.6 is 0 Å². The molecule has 63 heavy (non-hydrogen) atoms. The monoisotopic (exact) mass is 894 g/mol. The summed E-state index contributed by atoms with van der Waals surface area (Å²) < 4.78 is 2.79. The Hall–Kier alpha value is -4.43. The molecule has 4 unspecified atom stereocenters. The molecule has 2 fully saturated rings. The molecule has 0 spiro atoms. The summed E-state index contributed by atoms with van der Waals surface area (Å²) in [6.45, 7) is 15.2. The molecule has 1 aliphatic heterocycles. The molecule has 0 N–H and O–H groups in total. The minimum Gasteiger partial charge on any atom is -1.00 e. The Morgan fingerprint density at radius 2 is 0.746 bits per heavy atom. The second kappa shape index (κ2) is 15.3. The van der Waals surface area contributed by atoms with Crippen molar-refractivity contribution in [2.45, 2.75) is 84.1 Å². The van der Waals surface area contributed by atoms with E-state index in [1.165, 1.54) is 102 Å². The zero-order valence-corrected chi connectivity index (χ0v) is 40.5. The van der Waals surface area contributed by atoms with Crippen LogP contribution < -0.4 is 24.8 Å². The van der Waals surface area contributed by atoms with Crippen molar-refractivity contribution >= 4 is 55.2 Å². The first-order valence-electron chi connectivity index (χ1n) is 23.1. The van der Waals surface area contributed by atoms with Crippen LogP contribution in [0.25, 0.3) is 77.5 Å². The fraction of sp³-hybridized carbons (Fsp3) is 0.267. The van der Waals surface area contributed by atoms with Crippen LogP contribution in [0.15, 0.2) is 157 Å². The first-order chi connectivity index (χ1) is 29.5. The van der Waals surface area contributed by atoms with Crippen molar-refractivity contribution < 1.29 is 41.4 Å². The molecule has 3 aliphatic carbocycles. The van der Waals surface area contributed by atoms with Crippen molar-refractivity contribution in [2.24, 2.45) is 10.8 Å². The molecule has 1 saturated carbocycles. The van der Waals surface area contributed by atoms with E-state index < -0.39 is 16.6 Å². The van der Waals surface area contributed by atoms with Crippen molar-refractivity contribution in [3.63, 3.8) is 0 Å². The fourth-order valence-corrected chi connectivity index (χ4v) is 28.2. The van der Waals surface area contributed by atoms with Crippen LogP contribution in [0.1, 0.15) is 97.9 Å². The third kappa shape index (κ3) is 6.26. The number of hydrogen-bond donors (Lipinski definition) is 0. The molecular weight excluding hydrogens is 839 g/mol. The summed E-state index contributed by atoms with van der Waals surface area (Å²) in [4.78, 5) is 0. The van der Waals surface area contributed by atoms with E-state index in [1.54, 1.807) is 22.3 Å². The van der Waals surface area contributed by atoms with E-state index >= 15 is 0 Å². The zero-order valence-electron chi connectivity index (χ0n) is 37.4. The van der Waals surface area contributed by atoms with E-state index in [0.717, 1.165) is 8.45 Å². The topological polar surface area (TPSA) is 0 Å². The third-order valence-electron chi connectivity index (χ3n) is 15.9. The first kappa shape index (κ1) is 42.5. The third-order valence-corrected chi connectivity index (χ3v) is 26.5. The van der Waals surface area contributed by atoms with Gasteiger partial charge in [-0.15, -0.1) is 0 Å². The van der Waals surface area contributed by atoms with Gasteiger partial charge in [-0.25, -0.2) is 0 Å². The van der Waals surface area contributed by atoms with Crippen LogP contribution in [-0.4, -0.2) is 0 Å². The van der Waals surface area contributed by atoms with Gasteiger partial charge in [0.05, 0.1) is 0 Å². The maximum absolute atomic E-state index is 3.04. The normalized spacial score (nSPS) is 21.5. The van der Waals surface area contributed by atoms with Crippen LogP contribution in [0.4, 0.5) is 0 Å². The summed E-state index contributed by atoms with van der Waals surface area (Å²) in [6.07, 6.45) is 11.1. The van der Waals surface area contributed by atoms with E-state index in [2.05, 4.69) is 199 Å². The molecule has 12 rings (SSSR count). The summed E-state index contributed by atoms with van der Waals surface area (Å²) in [5, 5.41) is 10.7. The van der Waals surface area contributed by atoms with E-state index in [9.17, 15) is 0 Å². The SMILES string of the molecule is CC(C)(C)C1=Cc2c(-c3c4ccccc4cc4ccccc34)cccc2[CH]1[Ti+2]1([CH]2C(C(C)(C)C)=Cc3c(-c4c5ccccc5cc5ccccc45)cccc32)[CH]2CCCC[CH]21.[Cl-].[Cl-]. The minimum absolute atomic E-state index is 0. The first-order valence-corrected chi connectivity index (χ1v) is 26.7. The number of hydrogen-bond acceptors (Lipinski definition) is 0. The summed E-state index contributed by atoms with van der Waals surface area (Å²) in [5.41, 5.74) is 15.4. The largest absolute Gasteiger partial charge is 1.00 e. The number of halogens is 2. The molecule has 0 nitrogen and oxygen atoms in total. The molecule has 8 aromatic carbocycles. The maximum Gasteiger partial charge on any atom is -1.00 e. The number of rotatable bonds is 4. The Morgan fingerprint density at radius 1 is 0.413 bits per heavy atom. The van der Waals surface area contributed by atoms with Gasteiger partial charge >= 0.3 is 368 Å². The van der Waals surface area contributed by atoms with Gasteiger partial charge in [0, 0.05) is 0 Å². The van der Waals surface area contributed by atoms with Crippen molar-refractivity contribution in [1.29, 1.82) is 0 Å². The van der Waals surface area contributed by atoms with Gasteiger partial charge in [0.2, 0.25) is 0 Å². The molecule has 1 saturated heterocycles. The van der Waals surface area contributed by atoms with Gasteiger partial charge in [-0.2, -0.15) is 0 Å². The maximum atomic E-state index is 2.75. The molecule has 3 heteroatoms. The smallest absolute Gasteiger partial charge is 1.00 e. The van der Waals surface area contributed by atoms with Crippen molar-refractivity contribution in [2.75, 3.05) is 0 Å². The van der Waals surface area contributed by atoms with Crippen LogP contribution in [0.2, 0.25) is 8.45 Å². The van der Waals surface area contributed by atoms with Crippen molar-refractivity contribution in [1.82, 2.24) is 0 Å². The Labute approximate surface area is 390 Å². The van der Waals surface area contributed by atoms with E-state index in [0.29, 0.717) is 8.45 Å². The molecule has 1 heterocycles.